The molecular formula is C22H30O5. The quantitative estimate of drug-likeness (QED) is 0.243. The van der Waals surface area contributed by atoms with Crippen molar-refractivity contribution < 1.29 is 24.6 Å². The maximum atomic E-state index is 12.4. The topological polar surface area (TPSA) is 91.7 Å². The Kier molecular flexibility index (Phi) is 8.92. The second-order valence-electron chi connectivity index (χ2n) is 7.18. The molecule has 0 saturated heterocycles. The van der Waals surface area contributed by atoms with Crippen molar-refractivity contribution in [3.63, 3.8) is 0 Å². The molecule has 0 aliphatic heterocycles. The van der Waals surface area contributed by atoms with E-state index in [1.807, 2.05) is 27.7 Å². The van der Waals surface area contributed by atoms with E-state index in [0.29, 0.717) is 6.42 Å². The molecule has 1 aliphatic carbocycles. The molecule has 0 atom stereocenters. The number of aliphatic carboxylic acids is 1. The summed E-state index contributed by atoms with van der Waals surface area (Å²) in [6.45, 7) is 7.94. The number of allylic oxidation sites excluding steroid dienone is 6. The number of carbonyl (C=O) groups is 3. The number of aliphatic hydroxyl groups excluding tert-OH is 1. The number of carboxylic acids is 1. The van der Waals surface area contributed by atoms with Crippen LogP contribution in [0.3, 0.4) is 0 Å². The number of ketones is 2. The molecule has 0 spiro atoms. The van der Waals surface area contributed by atoms with Crippen molar-refractivity contribution in [3.05, 3.63) is 45.8 Å². The van der Waals surface area contributed by atoms with Crippen LogP contribution in [0.2, 0.25) is 0 Å². The van der Waals surface area contributed by atoms with Crippen molar-refractivity contribution >= 4 is 17.5 Å². The van der Waals surface area contributed by atoms with Crippen LogP contribution in [-0.2, 0) is 14.4 Å². The zero-order chi connectivity index (χ0) is 20.6. The fourth-order valence-electron chi connectivity index (χ4n) is 2.97. The molecule has 148 valence electrons. The summed E-state index contributed by atoms with van der Waals surface area (Å²) in [6, 6.07) is 0. The molecule has 1 aliphatic rings. The molecule has 0 aromatic heterocycles. The van der Waals surface area contributed by atoms with Crippen LogP contribution in [0.5, 0.6) is 0 Å². The van der Waals surface area contributed by atoms with E-state index in [-0.39, 0.29) is 24.0 Å². The molecule has 0 aromatic carbocycles. The number of carboxylic acid groups (broad SMARTS) is 1. The van der Waals surface area contributed by atoms with Crippen molar-refractivity contribution in [2.24, 2.45) is 0 Å². The van der Waals surface area contributed by atoms with Gasteiger partial charge in [0.1, 0.15) is 11.3 Å². The summed E-state index contributed by atoms with van der Waals surface area (Å²) >= 11 is 0. The molecular weight excluding hydrogens is 344 g/mol. The highest BCUT2D eigenvalue weighted by molar-refractivity contribution is 6.51. The van der Waals surface area contributed by atoms with Crippen LogP contribution in [0.15, 0.2) is 45.8 Å². The average molecular weight is 374 g/mol. The fourth-order valence-corrected chi connectivity index (χ4v) is 2.97. The monoisotopic (exact) mass is 374 g/mol. The normalized spacial score (nSPS) is 15.5. The number of unbranched alkanes of at least 4 members (excludes halogenated alkanes) is 2. The van der Waals surface area contributed by atoms with Gasteiger partial charge < -0.3 is 10.2 Å². The number of hydrogen-bond acceptors (Lipinski definition) is 4. The Morgan fingerprint density at radius 3 is 2.19 bits per heavy atom. The summed E-state index contributed by atoms with van der Waals surface area (Å²) in [4.78, 5) is 36.5. The fraction of sp³-hybridized carbons (Fsp3) is 0.500. The summed E-state index contributed by atoms with van der Waals surface area (Å²) in [5.74, 6) is -3.53. The van der Waals surface area contributed by atoms with Gasteiger partial charge in [-0.25, -0.2) is 4.79 Å². The van der Waals surface area contributed by atoms with Gasteiger partial charge in [-0.2, -0.15) is 0 Å². The molecule has 1 rings (SSSR count). The van der Waals surface area contributed by atoms with E-state index in [9.17, 15) is 24.6 Å². The second kappa shape index (κ2) is 10.7. The SMILES string of the molecule is CCCCCC1=C(C(=O)O)C(O)=C(CC=C(C)CCC=C(C)C)C(=O)C1=O. The van der Waals surface area contributed by atoms with Gasteiger partial charge in [0.25, 0.3) is 0 Å². The van der Waals surface area contributed by atoms with E-state index >= 15 is 0 Å². The molecule has 0 aromatic rings. The Labute approximate surface area is 161 Å². The predicted molar refractivity (Wildman–Crippen MR) is 106 cm³/mol. The summed E-state index contributed by atoms with van der Waals surface area (Å²) < 4.78 is 0. The highest BCUT2D eigenvalue weighted by Crippen LogP contribution is 2.30. The third-order valence-corrected chi connectivity index (χ3v) is 4.57. The first-order valence-corrected chi connectivity index (χ1v) is 9.47. The number of rotatable bonds is 10. The molecule has 0 unspecified atom stereocenters. The first-order chi connectivity index (χ1) is 12.7. The highest BCUT2D eigenvalue weighted by atomic mass is 16.4. The average Bonchev–Trinajstić information content (AvgIpc) is 2.58. The lowest BCUT2D eigenvalue weighted by Crippen LogP contribution is -2.29. The Balaban J connectivity index is 3.11. The van der Waals surface area contributed by atoms with Gasteiger partial charge in [-0.3, -0.25) is 9.59 Å². The van der Waals surface area contributed by atoms with Gasteiger partial charge in [0.15, 0.2) is 0 Å². The molecule has 5 nitrogen and oxygen atoms in total. The van der Waals surface area contributed by atoms with Gasteiger partial charge in [-0.15, -0.1) is 0 Å². The zero-order valence-corrected chi connectivity index (χ0v) is 16.7. The van der Waals surface area contributed by atoms with Crippen LogP contribution in [0.25, 0.3) is 0 Å². The van der Waals surface area contributed by atoms with Crippen molar-refractivity contribution in [2.75, 3.05) is 0 Å². The lowest BCUT2D eigenvalue weighted by molar-refractivity contribution is -0.135. The van der Waals surface area contributed by atoms with Crippen molar-refractivity contribution in [1.82, 2.24) is 0 Å². The molecule has 0 bridgehead atoms. The highest BCUT2D eigenvalue weighted by Gasteiger charge is 2.36. The maximum Gasteiger partial charge on any atom is 0.339 e. The van der Waals surface area contributed by atoms with Gasteiger partial charge >= 0.3 is 5.97 Å². The molecule has 0 radical (unpaired) electrons. The maximum absolute atomic E-state index is 12.4. The molecule has 27 heavy (non-hydrogen) atoms. The van der Waals surface area contributed by atoms with E-state index in [0.717, 1.165) is 31.3 Å². The van der Waals surface area contributed by atoms with E-state index in [4.69, 9.17) is 0 Å². The number of carbonyl (C=O) groups excluding carboxylic acids is 2. The first kappa shape index (κ1) is 22.6. The van der Waals surface area contributed by atoms with Crippen LogP contribution < -0.4 is 0 Å². The smallest absolute Gasteiger partial charge is 0.339 e. The molecule has 5 heteroatoms. The zero-order valence-electron chi connectivity index (χ0n) is 16.7. The second-order valence-corrected chi connectivity index (χ2v) is 7.18. The van der Waals surface area contributed by atoms with Crippen LogP contribution in [0, 0.1) is 0 Å². The van der Waals surface area contributed by atoms with E-state index in [2.05, 4.69) is 6.08 Å². The van der Waals surface area contributed by atoms with Crippen molar-refractivity contribution in [3.8, 4) is 0 Å². The van der Waals surface area contributed by atoms with Gasteiger partial charge in [-0.1, -0.05) is 43.1 Å². The lowest BCUT2D eigenvalue weighted by atomic mass is 9.84. The molecule has 0 amide bonds. The lowest BCUT2D eigenvalue weighted by Gasteiger charge is -2.19. The van der Waals surface area contributed by atoms with Crippen LogP contribution >= 0.6 is 0 Å². The summed E-state index contributed by atoms with van der Waals surface area (Å²) in [5, 5.41) is 19.9. The van der Waals surface area contributed by atoms with Gasteiger partial charge in [0, 0.05) is 5.57 Å². The van der Waals surface area contributed by atoms with Gasteiger partial charge in [0.05, 0.1) is 5.57 Å². The molecule has 0 heterocycles. The van der Waals surface area contributed by atoms with E-state index in [1.165, 1.54) is 5.57 Å². The largest absolute Gasteiger partial charge is 0.507 e. The number of hydrogen-bond donors (Lipinski definition) is 2. The van der Waals surface area contributed by atoms with E-state index in [1.54, 1.807) is 6.08 Å². The van der Waals surface area contributed by atoms with E-state index < -0.39 is 28.9 Å². The summed E-state index contributed by atoms with van der Waals surface area (Å²) in [5.41, 5.74) is 1.62. The summed E-state index contributed by atoms with van der Waals surface area (Å²) in [6.07, 6.45) is 8.12. The van der Waals surface area contributed by atoms with Gasteiger partial charge in [-0.05, 0) is 52.9 Å². The number of aliphatic hydroxyl groups is 1. The molecule has 0 saturated carbocycles. The predicted octanol–water partition coefficient (Wildman–Crippen LogP) is 4.99. The Morgan fingerprint density at radius 2 is 1.63 bits per heavy atom. The molecule has 2 N–H and O–H groups in total. The number of Topliss-reactive ketones (excluding diaryl/α,β-unsaturated/α-hetero) is 2. The van der Waals surface area contributed by atoms with Gasteiger partial charge in [0.2, 0.25) is 11.6 Å². The van der Waals surface area contributed by atoms with Crippen LogP contribution in [0.1, 0.15) is 72.6 Å². The third-order valence-electron chi connectivity index (χ3n) is 4.57. The van der Waals surface area contributed by atoms with Crippen molar-refractivity contribution in [1.29, 1.82) is 0 Å². The van der Waals surface area contributed by atoms with Crippen LogP contribution in [0.4, 0.5) is 0 Å². The Bertz CT molecular complexity index is 728. The third kappa shape index (κ3) is 6.35. The van der Waals surface area contributed by atoms with Crippen molar-refractivity contribution in [2.45, 2.75) is 72.6 Å². The minimum atomic E-state index is -1.37. The van der Waals surface area contributed by atoms with Crippen LogP contribution in [-0.4, -0.2) is 27.7 Å². The standard InChI is InChI=1S/C22H30O5/c1-5-6-7-11-16-18(22(26)27)19(23)17(21(25)20(16)24)13-12-15(4)10-8-9-14(2)3/h9,12,23H,5-8,10-11,13H2,1-4H3,(H,26,27). The minimum absolute atomic E-state index is 0.0517. The minimum Gasteiger partial charge on any atom is -0.507 e. The summed E-state index contributed by atoms with van der Waals surface area (Å²) in [7, 11) is 0. The Morgan fingerprint density at radius 1 is 1.00 bits per heavy atom. The Hall–Kier alpha value is -2.43. The molecule has 0 fully saturated rings. The first-order valence-electron chi connectivity index (χ1n) is 9.47.